The number of anilines is 1. The summed E-state index contributed by atoms with van der Waals surface area (Å²) in [4.78, 5) is 17.9. The lowest BCUT2D eigenvalue weighted by atomic mass is 9.77. The molecule has 1 saturated heterocycles. The summed E-state index contributed by atoms with van der Waals surface area (Å²) in [6, 6.07) is 29.8. The van der Waals surface area contributed by atoms with Crippen LogP contribution in [-0.2, 0) is 9.84 Å². The minimum atomic E-state index is -3.20. The number of sulfone groups is 1. The Morgan fingerprint density at radius 2 is 1.76 bits per heavy atom. The summed E-state index contributed by atoms with van der Waals surface area (Å²) in [6.45, 7) is 0. The molecule has 1 aliphatic heterocycles. The zero-order valence-corrected chi connectivity index (χ0v) is 23.6. The summed E-state index contributed by atoms with van der Waals surface area (Å²) in [5.41, 5.74) is 5.81. The number of carbonyl (C=O) groups excluding carboxylic acids is 1. The summed E-state index contributed by atoms with van der Waals surface area (Å²) in [5.74, 6) is -0.684. The second kappa shape index (κ2) is 11.3. The van der Waals surface area contributed by atoms with Gasteiger partial charge < -0.3 is 5.32 Å². The lowest BCUT2D eigenvalue weighted by Crippen LogP contribution is -2.19. The van der Waals surface area contributed by atoms with Crippen molar-refractivity contribution in [3.63, 3.8) is 0 Å². The van der Waals surface area contributed by atoms with Gasteiger partial charge in [-0.2, -0.15) is 5.10 Å². The Hall–Kier alpha value is -4.27. The van der Waals surface area contributed by atoms with E-state index >= 15 is 0 Å². The molecule has 0 aliphatic carbocycles. The smallest absolute Gasteiger partial charge is 0.255 e. The number of hydrogen-bond acceptors (Lipinski definition) is 5. The molecule has 2 aromatic heterocycles. The van der Waals surface area contributed by atoms with Gasteiger partial charge in [0.05, 0.1) is 22.9 Å². The van der Waals surface area contributed by atoms with Gasteiger partial charge in [-0.05, 0) is 65.9 Å². The zero-order valence-electron chi connectivity index (χ0n) is 22.0. The number of amides is 1. The van der Waals surface area contributed by atoms with E-state index in [1.165, 1.54) is 0 Å². The molecule has 6 rings (SSSR count). The van der Waals surface area contributed by atoms with Crippen LogP contribution in [0.15, 0.2) is 103 Å². The van der Waals surface area contributed by atoms with Gasteiger partial charge in [-0.1, -0.05) is 66.2 Å². The van der Waals surface area contributed by atoms with Gasteiger partial charge in [-0.3, -0.25) is 14.9 Å². The van der Waals surface area contributed by atoms with Crippen LogP contribution in [0, 0.1) is 5.92 Å². The van der Waals surface area contributed by atoms with Crippen LogP contribution in [0.1, 0.15) is 33.8 Å². The van der Waals surface area contributed by atoms with E-state index in [-0.39, 0.29) is 29.2 Å². The summed E-state index contributed by atoms with van der Waals surface area (Å²) < 4.78 is 25.5. The highest BCUT2D eigenvalue weighted by molar-refractivity contribution is 7.91. The van der Waals surface area contributed by atoms with Gasteiger partial charge in [0.2, 0.25) is 0 Å². The lowest BCUT2D eigenvalue weighted by molar-refractivity contribution is 0.102. The Kier molecular flexibility index (Phi) is 7.43. The van der Waals surface area contributed by atoms with Gasteiger partial charge >= 0.3 is 0 Å². The van der Waals surface area contributed by atoms with Crippen molar-refractivity contribution in [3.8, 4) is 22.6 Å². The van der Waals surface area contributed by atoms with Gasteiger partial charge in [-0.25, -0.2) is 8.42 Å². The van der Waals surface area contributed by atoms with Crippen LogP contribution < -0.4 is 5.32 Å². The van der Waals surface area contributed by atoms with E-state index in [1.54, 1.807) is 36.5 Å². The average molecular weight is 583 g/mol. The van der Waals surface area contributed by atoms with Crippen LogP contribution in [0.4, 0.5) is 5.69 Å². The summed E-state index contributed by atoms with van der Waals surface area (Å²) in [6.07, 6.45) is 2.22. The zero-order chi connectivity index (χ0) is 28.4. The molecular weight excluding hydrogens is 556 g/mol. The molecule has 1 aliphatic rings. The number of rotatable bonds is 7. The third-order valence-electron chi connectivity index (χ3n) is 7.41. The van der Waals surface area contributed by atoms with Crippen molar-refractivity contribution in [2.24, 2.45) is 5.92 Å². The fourth-order valence-corrected chi connectivity index (χ4v) is 7.61. The topological polar surface area (TPSA) is 105 Å². The van der Waals surface area contributed by atoms with Crippen molar-refractivity contribution in [2.45, 2.75) is 12.3 Å². The second-order valence-electron chi connectivity index (χ2n) is 10.2. The van der Waals surface area contributed by atoms with Crippen molar-refractivity contribution in [3.05, 3.63) is 125 Å². The number of H-pyrrole nitrogens is 1. The predicted molar refractivity (Wildman–Crippen MR) is 162 cm³/mol. The first-order valence-corrected chi connectivity index (χ1v) is 15.5. The maximum atomic E-state index is 13.3. The first kappa shape index (κ1) is 26.9. The van der Waals surface area contributed by atoms with E-state index in [9.17, 15) is 13.2 Å². The Bertz CT molecular complexity index is 1750. The minimum absolute atomic E-state index is 0.0532. The lowest BCUT2D eigenvalue weighted by Gasteiger charge is -2.25. The summed E-state index contributed by atoms with van der Waals surface area (Å²) in [7, 11) is -3.20. The number of hydrogen-bond donors (Lipinski definition) is 2. The Balaban J connectivity index is 1.50. The molecule has 206 valence electrons. The highest BCUT2D eigenvalue weighted by Crippen LogP contribution is 2.45. The van der Waals surface area contributed by atoms with Crippen molar-refractivity contribution >= 4 is 33.0 Å². The van der Waals surface area contributed by atoms with E-state index in [0.717, 1.165) is 22.4 Å². The Morgan fingerprint density at radius 1 is 0.951 bits per heavy atom. The highest BCUT2D eigenvalue weighted by atomic mass is 35.5. The minimum Gasteiger partial charge on any atom is -0.322 e. The molecular formula is C32H27ClN4O3S. The van der Waals surface area contributed by atoms with E-state index in [0.29, 0.717) is 34.1 Å². The number of carbonyl (C=O) groups is 1. The number of aromatic nitrogens is 3. The second-order valence-corrected chi connectivity index (χ2v) is 12.8. The van der Waals surface area contributed by atoms with Crippen molar-refractivity contribution in [1.82, 2.24) is 15.2 Å². The first-order valence-electron chi connectivity index (χ1n) is 13.3. The van der Waals surface area contributed by atoms with E-state index in [4.69, 9.17) is 16.7 Å². The summed E-state index contributed by atoms with van der Waals surface area (Å²) in [5, 5.41) is 11.4. The number of nitrogens with zero attached hydrogens (tertiary/aromatic N) is 2. The Morgan fingerprint density at radius 3 is 2.49 bits per heavy atom. The first-order chi connectivity index (χ1) is 19.9. The molecule has 2 N–H and O–H groups in total. The number of halogens is 1. The number of aromatic amines is 1. The van der Waals surface area contributed by atoms with E-state index in [1.807, 2.05) is 66.7 Å². The summed E-state index contributed by atoms with van der Waals surface area (Å²) >= 11 is 6.11. The quantitative estimate of drug-likeness (QED) is 0.225. The molecule has 41 heavy (non-hydrogen) atoms. The van der Waals surface area contributed by atoms with Crippen molar-refractivity contribution in [1.29, 1.82) is 0 Å². The monoisotopic (exact) mass is 582 g/mol. The van der Waals surface area contributed by atoms with Gasteiger partial charge in [0.1, 0.15) is 5.69 Å². The molecule has 0 bridgehead atoms. The molecule has 5 aromatic rings. The standard InChI is InChI=1S/C32H27ClN4O3S/c33-25-12-7-13-26(19-25)35-32(38)23-11-6-10-22(18-23)28(24-15-17-41(39,40)20-24)29-30(21-8-2-1-3-9-21)36-37-31(29)27-14-4-5-16-34-27/h1-14,16,18-19,24,28H,15,17,20H2,(H,35,38)(H,36,37). The molecule has 9 heteroatoms. The van der Waals surface area contributed by atoms with Crippen molar-refractivity contribution in [2.75, 3.05) is 16.8 Å². The van der Waals surface area contributed by atoms with Gasteiger partial charge in [0, 0.05) is 34.0 Å². The molecule has 3 heterocycles. The molecule has 0 saturated carbocycles. The number of nitrogens with one attached hydrogen (secondary N) is 2. The van der Waals surface area contributed by atoms with Gasteiger partial charge in [-0.15, -0.1) is 0 Å². The van der Waals surface area contributed by atoms with E-state index < -0.39 is 9.84 Å². The maximum absolute atomic E-state index is 13.3. The number of pyridine rings is 1. The molecule has 2 unspecified atom stereocenters. The molecule has 7 nitrogen and oxygen atoms in total. The maximum Gasteiger partial charge on any atom is 0.255 e. The number of benzene rings is 3. The highest BCUT2D eigenvalue weighted by Gasteiger charge is 2.39. The fraction of sp³-hybridized carbons (Fsp3) is 0.156. The van der Waals surface area contributed by atoms with Crippen LogP contribution in [0.3, 0.4) is 0 Å². The molecule has 1 amide bonds. The molecule has 0 radical (unpaired) electrons. The van der Waals surface area contributed by atoms with Gasteiger partial charge in [0.15, 0.2) is 9.84 Å². The average Bonchev–Trinajstić information content (AvgIpc) is 3.57. The Labute approximate surface area is 243 Å². The van der Waals surface area contributed by atoms with Crippen LogP contribution in [0.5, 0.6) is 0 Å². The van der Waals surface area contributed by atoms with Crippen LogP contribution in [0.2, 0.25) is 5.02 Å². The third-order valence-corrected chi connectivity index (χ3v) is 9.44. The SMILES string of the molecule is O=C(Nc1cccc(Cl)c1)c1cccc(C(c2c(-c3ccccn3)n[nH]c2-c2ccccc2)C2CCS(=O)(=O)C2)c1. The molecule has 1 fully saturated rings. The fourth-order valence-electron chi connectivity index (χ4n) is 5.58. The normalized spacial score (nSPS) is 16.8. The predicted octanol–water partition coefficient (Wildman–Crippen LogP) is 6.61. The van der Waals surface area contributed by atoms with Crippen LogP contribution in [0.25, 0.3) is 22.6 Å². The van der Waals surface area contributed by atoms with E-state index in [2.05, 4.69) is 15.4 Å². The molecule has 3 aromatic carbocycles. The van der Waals surface area contributed by atoms with Crippen molar-refractivity contribution < 1.29 is 13.2 Å². The van der Waals surface area contributed by atoms with Gasteiger partial charge in [0.25, 0.3) is 5.91 Å². The third kappa shape index (κ3) is 5.80. The molecule has 2 atom stereocenters. The largest absolute Gasteiger partial charge is 0.322 e. The van der Waals surface area contributed by atoms with Crippen LogP contribution in [-0.4, -0.2) is 41.0 Å². The van der Waals surface area contributed by atoms with Crippen LogP contribution >= 0.6 is 11.6 Å². The molecule has 0 spiro atoms.